The molecule has 0 amide bonds. The summed E-state index contributed by atoms with van der Waals surface area (Å²) in [7, 11) is 0. The lowest BCUT2D eigenvalue weighted by Gasteiger charge is -2.19. The first-order valence-electron chi connectivity index (χ1n) is 5.46. The summed E-state index contributed by atoms with van der Waals surface area (Å²) in [5, 5.41) is 0. The fraction of sp³-hybridized carbons (Fsp3) is 0.500. The third kappa shape index (κ3) is 2.91. The largest absolute Gasteiger partial charge is 0.294 e. The monoisotopic (exact) mass is 222 g/mol. The molecule has 0 heterocycles. The van der Waals surface area contributed by atoms with Crippen molar-refractivity contribution in [3.63, 3.8) is 0 Å². The number of benzene rings is 1. The van der Waals surface area contributed by atoms with E-state index in [0.29, 0.717) is 11.1 Å². The predicted molar refractivity (Wildman–Crippen MR) is 64.4 cm³/mol. The summed E-state index contributed by atoms with van der Waals surface area (Å²) in [4.78, 5) is 12.0. The number of alkyl halides is 1. The molecule has 0 aliphatic heterocycles. The number of halogens is 1. The standard InChI is InChI=1S/C14H19FO/c1-13(2,3)12(16)10-7-6-8-11(9-10)14(4,5)15/h6-9H,1-5H3. The molecule has 0 N–H and O–H groups in total. The van der Waals surface area contributed by atoms with E-state index in [2.05, 4.69) is 0 Å². The smallest absolute Gasteiger partial charge is 0.168 e. The van der Waals surface area contributed by atoms with Crippen molar-refractivity contribution in [1.82, 2.24) is 0 Å². The molecule has 1 nitrogen and oxygen atoms in total. The van der Waals surface area contributed by atoms with Crippen LogP contribution in [-0.2, 0) is 5.67 Å². The van der Waals surface area contributed by atoms with Crippen LogP contribution in [0.2, 0.25) is 0 Å². The van der Waals surface area contributed by atoms with Gasteiger partial charge in [0.05, 0.1) is 0 Å². The Labute approximate surface area is 96.7 Å². The number of ketones is 1. The lowest BCUT2D eigenvalue weighted by atomic mass is 9.85. The fourth-order valence-corrected chi connectivity index (χ4v) is 1.46. The van der Waals surface area contributed by atoms with Crippen LogP contribution in [0.3, 0.4) is 0 Å². The van der Waals surface area contributed by atoms with E-state index < -0.39 is 11.1 Å². The normalized spacial score (nSPS) is 12.6. The van der Waals surface area contributed by atoms with Crippen LogP contribution in [0.1, 0.15) is 50.5 Å². The summed E-state index contributed by atoms with van der Waals surface area (Å²) in [6, 6.07) is 6.82. The summed E-state index contributed by atoms with van der Waals surface area (Å²) < 4.78 is 13.7. The van der Waals surface area contributed by atoms with Gasteiger partial charge in [-0.1, -0.05) is 39.0 Å². The molecule has 0 aliphatic carbocycles. The Kier molecular flexibility index (Phi) is 3.22. The van der Waals surface area contributed by atoms with Crippen molar-refractivity contribution < 1.29 is 9.18 Å². The number of rotatable bonds is 2. The van der Waals surface area contributed by atoms with Crippen molar-refractivity contribution in [1.29, 1.82) is 0 Å². The molecule has 16 heavy (non-hydrogen) atoms. The Morgan fingerprint density at radius 2 is 1.69 bits per heavy atom. The van der Waals surface area contributed by atoms with E-state index in [4.69, 9.17) is 0 Å². The van der Waals surface area contributed by atoms with E-state index >= 15 is 0 Å². The zero-order chi connectivity index (χ0) is 12.6. The van der Waals surface area contributed by atoms with Gasteiger partial charge in [0.15, 0.2) is 5.78 Å². The van der Waals surface area contributed by atoms with Crippen LogP contribution in [0.15, 0.2) is 24.3 Å². The van der Waals surface area contributed by atoms with E-state index in [9.17, 15) is 9.18 Å². The van der Waals surface area contributed by atoms with E-state index in [1.165, 1.54) is 13.8 Å². The van der Waals surface area contributed by atoms with Crippen molar-refractivity contribution >= 4 is 5.78 Å². The molecule has 0 aliphatic rings. The van der Waals surface area contributed by atoms with E-state index in [0.717, 1.165) is 0 Å². The van der Waals surface area contributed by atoms with E-state index in [1.807, 2.05) is 20.8 Å². The Morgan fingerprint density at radius 3 is 2.12 bits per heavy atom. The molecule has 1 aromatic rings. The Hall–Kier alpha value is -1.18. The quantitative estimate of drug-likeness (QED) is 0.688. The Morgan fingerprint density at radius 1 is 1.12 bits per heavy atom. The highest BCUT2D eigenvalue weighted by atomic mass is 19.1. The highest BCUT2D eigenvalue weighted by Crippen LogP contribution is 2.27. The molecule has 0 atom stereocenters. The number of hydrogen-bond acceptors (Lipinski definition) is 1. The Balaban J connectivity index is 3.14. The third-order valence-corrected chi connectivity index (χ3v) is 2.49. The molecule has 1 rings (SSSR count). The molecule has 88 valence electrons. The van der Waals surface area contributed by atoms with Crippen molar-refractivity contribution in [3.05, 3.63) is 35.4 Å². The van der Waals surface area contributed by atoms with Gasteiger partial charge in [0.25, 0.3) is 0 Å². The molecule has 0 radical (unpaired) electrons. The predicted octanol–water partition coefficient (Wildman–Crippen LogP) is 4.12. The maximum Gasteiger partial charge on any atom is 0.168 e. The van der Waals surface area contributed by atoms with E-state index in [1.54, 1.807) is 24.3 Å². The molecule has 2 heteroatoms. The summed E-state index contributed by atoms with van der Waals surface area (Å²) >= 11 is 0. The highest BCUT2D eigenvalue weighted by molar-refractivity contribution is 5.99. The number of carbonyl (C=O) groups is 1. The molecule has 0 fully saturated rings. The zero-order valence-electron chi connectivity index (χ0n) is 10.6. The van der Waals surface area contributed by atoms with E-state index in [-0.39, 0.29) is 5.78 Å². The van der Waals surface area contributed by atoms with Gasteiger partial charge in [0.1, 0.15) is 5.67 Å². The van der Waals surface area contributed by atoms with Gasteiger partial charge in [-0.2, -0.15) is 0 Å². The summed E-state index contributed by atoms with van der Waals surface area (Å²) in [5.41, 5.74) is -0.717. The highest BCUT2D eigenvalue weighted by Gasteiger charge is 2.25. The molecule has 0 spiro atoms. The van der Waals surface area contributed by atoms with Gasteiger partial charge >= 0.3 is 0 Å². The van der Waals surface area contributed by atoms with Gasteiger partial charge in [-0.25, -0.2) is 4.39 Å². The van der Waals surface area contributed by atoms with Crippen molar-refractivity contribution in [2.24, 2.45) is 5.41 Å². The number of Topliss-reactive ketones (excluding diaryl/α,β-unsaturated/α-hetero) is 1. The average Bonchev–Trinajstić information content (AvgIpc) is 2.14. The van der Waals surface area contributed by atoms with Crippen molar-refractivity contribution in [3.8, 4) is 0 Å². The molecule has 0 aromatic heterocycles. The molecule has 0 bridgehead atoms. The topological polar surface area (TPSA) is 17.1 Å². The van der Waals surface area contributed by atoms with Crippen LogP contribution in [0.4, 0.5) is 4.39 Å². The summed E-state index contributed by atoms with van der Waals surface area (Å²) in [6.45, 7) is 8.58. The van der Waals surface area contributed by atoms with Crippen molar-refractivity contribution in [2.75, 3.05) is 0 Å². The number of hydrogen-bond donors (Lipinski definition) is 0. The first-order chi connectivity index (χ1) is 7.12. The first-order valence-corrected chi connectivity index (χ1v) is 5.46. The first kappa shape index (κ1) is 12.9. The minimum absolute atomic E-state index is 0.0404. The summed E-state index contributed by atoms with van der Waals surface area (Å²) in [5.74, 6) is 0.0404. The van der Waals surface area contributed by atoms with Gasteiger partial charge in [0.2, 0.25) is 0 Å². The van der Waals surface area contributed by atoms with Crippen LogP contribution < -0.4 is 0 Å². The van der Waals surface area contributed by atoms with Crippen molar-refractivity contribution in [2.45, 2.75) is 40.3 Å². The average molecular weight is 222 g/mol. The zero-order valence-corrected chi connectivity index (χ0v) is 10.6. The SMILES string of the molecule is CC(C)(C)C(=O)c1cccc(C(C)(C)F)c1. The van der Waals surface area contributed by atoms with Gasteiger partial charge in [-0.05, 0) is 25.5 Å². The molecule has 0 saturated carbocycles. The van der Waals surface area contributed by atoms with Crippen LogP contribution in [0.25, 0.3) is 0 Å². The lowest BCUT2D eigenvalue weighted by Crippen LogP contribution is -2.21. The summed E-state index contributed by atoms with van der Waals surface area (Å²) in [6.07, 6.45) is 0. The minimum atomic E-state index is -1.41. The molecular formula is C14H19FO. The maximum atomic E-state index is 13.7. The maximum absolute atomic E-state index is 13.7. The fourth-order valence-electron chi connectivity index (χ4n) is 1.46. The minimum Gasteiger partial charge on any atom is -0.294 e. The van der Waals surface area contributed by atoms with Crippen LogP contribution >= 0.6 is 0 Å². The van der Waals surface area contributed by atoms with Gasteiger partial charge in [-0.3, -0.25) is 4.79 Å². The van der Waals surface area contributed by atoms with Crippen LogP contribution in [0, 0.1) is 5.41 Å². The van der Waals surface area contributed by atoms with Crippen LogP contribution in [0.5, 0.6) is 0 Å². The molecule has 0 unspecified atom stereocenters. The lowest BCUT2D eigenvalue weighted by molar-refractivity contribution is 0.0858. The molecular weight excluding hydrogens is 203 g/mol. The second kappa shape index (κ2) is 4.00. The van der Waals surface area contributed by atoms with Gasteiger partial charge in [0, 0.05) is 11.0 Å². The van der Waals surface area contributed by atoms with Gasteiger partial charge in [-0.15, -0.1) is 0 Å². The van der Waals surface area contributed by atoms with Crippen LogP contribution in [-0.4, -0.2) is 5.78 Å². The second-order valence-electron chi connectivity index (χ2n) is 5.63. The Bertz CT molecular complexity index is 394. The van der Waals surface area contributed by atoms with Gasteiger partial charge < -0.3 is 0 Å². The number of carbonyl (C=O) groups excluding carboxylic acids is 1. The second-order valence-corrected chi connectivity index (χ2v) is 5.63. The molecule has 1 aromatic carbocycles. The molecule has 0 saturated heterocycles. The third-order valence-electron chi connectivity index (χ3n) is 2.49.